The number of hydrogen-bond acceptors (Lipinski definition) is 4. The lowest BCUT2D eigenvalue weighted by molar-refractivity contribution is 0.123. The molecule has 0 spiro atoms. The van der Waals surface area contributed by atoms with E-state index in [1.165, 1.54) is 31.7 Å². The number of carbonyl (C=O) groups is 1. The Hall–Kier alpha value is -1.73. The largest absolute Gasteiger partial charge is 0.415 e. The molecule has 170 valence electrons. The van der Waals surface area contributed by atoms with Crippen molar-refractivity contribution in [3.8, 4) is 5.75 Å². The fourth-order valence-corrected chi connectivity index (χ4v) is 4.20. The smallest absolute Gasteiger partial charge is 0.410 e. The minimum atomic E-state index is -1.03. The van der Waals surface area contributed by atoms with E-state index in [1.807, 2.05) is 0 Å². The molecule has 1 aliphatic carbocycles. The molecule has 0 atom stereocenters. The highest BCUT2D eigenvalue weighted by molar-refractivity contribution is 5.70. The van der Waals surface area contributed by atoms with Crippen molar-refractivity contribution in [3.63, 3.8) is 0 Å². The Morgan fingerprint density at radius 3 is 2.47 bits per heavy atom. The number of rotatable bonds is 11. The summed E-state index contributed by atoms with van der Waals surface area (Å²) in [6.07, 6.45) is 8.36. The highest BCUT2D eigenvalue weighted by Crippen LogP contribution is 2.31. The van der Waals surface area contributed by atoms with Gasteiger partial charge in [0.25, 0.3) is 0 Å². The van der Waals surface area contributed by atoms with Crippen LogP contribution in [0.5, 0.6) is 5.75 Å². The molecule has 0 aliphatic heterocycles. The fourth-order valence-electron chi connectivity index (χ4n) is 4.20. The summed E-state index contributed by atoms with van der Waals surface area (Å²) in [5.74, 6) is -1.27. The molecule has 1 aliphatic rings. The number of aliphatic hydroxyl groups excluding tert-OH is 1. The van der Waals surface area contributed by atoms with E-state index in [4.69, 9.17) is 9.84 Å². The number of ether oxygens (including phenoxy) is 1. The normalized spacial score (nSPS) is 19.1. The molecule has 30 heavy (non-hydrogen) atoms. The third kappa shape index (κ3) is 7.84. The van der Waals surface area contributed by atoms with Crippen molar-refractivity contribution in [2.45, 2.75) is 64.3 Å². The van der Waals surface area contributed by atoms with Gasteiger partial charge in [-0.3, -0.25) is 0 Å². The molecule has 1 fully saturated rings. The number of hydrogen-bond donors (Lipinski definition) is 1. The highest BCUT2D eigenvalue weighted by Gasteiger charge is 2.27. The number of likely N-dealkylation sites (N-methyl/N-ethyl adjacent to an activating group) is 1. The quantitative estimate of drug-likeness (QED) is 0.515. The summed E-state index contributed by atoms with van der Waals surface area (Å²) in [4.78, 5) is 16.2. The van der Waals surface area contributed by atoms with Crippen LogP contribution in [-0.2, 0) is 0 Å². The van der Waals surface area contributed by atoms with Crippen LogP contribution in [0.1, 0.15) is 58.3 Å². The Bertz CT molecular complexity index is 651. The van der Waals surface area contributed by atoms with Crippen LogP contribution in [0, 0.1) is 17.6 Å². The second-order valence-corrected chi connectivity index (χ2v) is 8.24. The maximum absolute atomic E-state index is 13.3. The van der Waals surface area contributed by atoms with Crippen molar-refractivity contribution in [1.82, 2.24) is 9.80 Å². The maximum Gasteiger partial charge on any atom is 0.415 e. The van der Waals surface area contributed by atoms with E-state index >= 15 is 0 Å². The van der Waals surface area contributed by atoms with Gasteiger partial charge in [-0.05, 0) is 63.2 Å². The van der Waals surface area contributed by atoms with Crippen molar-refractivity contribution in [3.05, 3.63) is 29.8 Å². The average Bonchev–Trinajstić information content (AvgIpc) is 2.75. The first-order chi connectivity index (χ1) is 14.4. The molecule has 0 saturated heterocycles. The van der Waals surface area contributed by atoms with Gasteiger partial charge in [-0.1, -0.05) is 26.2 Å². The van der Waals surface area contributed by atoms with Crippen LogP contribution >= 0.6 is 0 Å². The van der Waals surface area contributed by atoms with Crippen molar-refractivity contribution in [1.29, 1.82) is 0 Å². The minimum absolute atomic E-state index is 0.0139. The number of benzene rings is 1. The van der Waals surface area contributed by atoms with Crippen molar-refractivity contribution < 1.29 is 23.4 Å². The van der Waals surface area contributed by atoms with Gasteiger partial charge in [0.15, 0.2) is 11.6 Å². The first-order valence-electron chi connectivity index (χ1n) is 11.2. The fraction of sp³-hybridized carbons (Fsp3) is 0.696. The van der Waals surface area contributed by atoms with Crippen LogP contribution in [0.3, 0.4) is 0 Å². The lowest BCUT2D eigenvalue weighted by Crippen LogP contribution is -2.41. The Morgan fingerprint density at radius 2 is 1.83 bits per heavy atom. The lowest BCUT2D eigenvalue weighted by atomic mass is 9.82. The van der Waals surface area contributed by atoms with Crippen molar-refractivity contribution in [2.75, 3.05) is 33.3 Å². The first kappa shape index (κ1) is 24.5. The number of nitrogens with zero attached hydrogens (tertiary/aromatic N) is 2. The Morgan fingerprint density at radius 1 is 1.10 bits per heavy atom. The summed E-state index contributed by atoms with van der Waals surface area (Å²) < 4.78 is 31.5. The monoisotopic (exact) mass is 426 g/mol. The summed E-state index contributed by atoms with van der Waals surface area (Å²) >= 11 is 0. The molecule has 2 rings (SSSR count). The minimum Gasteiger partial charge on any atom is -0.410 e. The molecular weight excluding hydrogens is 390 g/mol. The van der Waals surface area contributed by atoms with Gasteiger partial charge in [0.05, 0.1) is 6.61 Å². The Kier molecular flexibility index (Phi) is 10.5. The molecule has 5 nitrogen and oxygen atoms in total. The van der Waals surface area contributed by atoms with Gasteiger partial charge in [0.2, 0.25) is 0 Å². The zero-order valence-corrected chi connectivity index (χ0v) is 18.3. The number of carbonyl (C=O) groups excluding carboxylic acids is 1. The number of halogens is 2. The van der Waals surface area contributed by atoms with E-state index < -0.39 is 17.7 Å². The summed E-state index contributed by atoms with van der Waals surface area (Å²) in [6, 6.07) is 3.22. The zero-order valence-electron chi connectivity index (χ0n) is 18.3. The second-order valence-electron chi connectivity index (χ2n) is 8.24. The molecule has 0 radical (unpaired) electrons. The number of unbranched alkanes of at least 4 members (excludes halogenated alkanes) is 2. The van der Waals surface area contributed by atoms with E-state index in [-0.39, 0.29) is 18.4 Å². The van der Waals surface area contributed by atoms with E-state index in [0.29, 0.717) is 5.92 Å². The molecule has 1 aromatic carbocycles. The molecule has 1 saturated carbocycles. The van der Waals surface area contributed by atoms with Crippen LogP contribution in [0.25, 0.3) is 0 Å². The molecule has 0 heterocycles. The molecule has 1 amide bonds. The number of aliphatic hydroxyl groups is 1. The standard InChI is InChI=1S/C23H36F2N2O3/c1-3-27(15-16-28)14-6-4-5-7-18-8-10-19(11-9-18)26(2)23(29)30-20-12-13-21(24)22(25)17-20/h12-13,17-19,28H,3-11,14-16H2,1-2H3. The van der Waals surface area contributed by atoms with Crippen LogP contribution in [-0.4, -0.2) is 60.3 Å². The van der Waals surface area contributed by atoms with E-state index in [1.54, 1.807) is 11.9 Å². The number of amides is 1. The second kappa shape index (κ2) is 12.8. The van der Waals surface area contributed by atoms with E-state index in [2.05, 4.69) is 11.8 Å². The van der Waals surface area contributed by atoms with Crippen LogP contribution < -0.4 is 4.74 Å². The van der Waals surface area contributed by atoms with Crippen LogP contribution in [0.2, 0.25) is 0 Å². The topological polar surface area (TPSA) is 53.0 Å². The summed E-state index contributed by atoms with van der Waals surface area (Å²) in [5, 5.41) is 9.03. The van der Waals surface area contributed by atoms with Gasteiger partial charge in [-0.15, -0.1) is 0 Å². The lowest BCUT2D eigenvalue weighted by Gasteiger charge is -2.34. The van der Waals surface area contributed by atoms with Crippen molar-refractivity contribution in [2.24, 2.45) is 5.92 Å². The molecule has 7 heteroatoms. The van der Waals surface area contributed by atoms with Crippen LogP contribution in [0.4, 0.5) is 13.6 Å². The van der Waals surface area contributed by atoms with Gasteiger partial charge >= 0.3 is 6.09 Å². The predicted octanol–water partition coefficient (Wildman–Crippen LogP) is 4.83. The van der Waals surface area contributed by atoms with Gasteiger partial charge in [0, 0.05) is 25.7 Å². The van der Waals surface area contributed by atoms with E-state index in [0.717, 1.165) is 57.5 Å². The Labute approximate surface area is 179 Å². The Balaban J connectivity index is 1.64. The van der Waals surface area contributed by atoms with Crippen molar-refractivity contribution >= 4 is 6.09 Å². The molecular formula is C23H36F2N2O3. The third-order valence-corrected chi connectivity index (χ3v) is 6.20. The zero-order chi connectivity index (χ0) is 21.9. The summed E-state index contributed by atoms with van der Waals surface area (Å²) in [5.41, 5.74) is 0. The third-order valence-electron chi connectivity index (χ3n) is 6.20. The molecule has 0 aromatic heterocycles. The molecule has 0 unspecified atom stereocenters. The van der Waals surface area contributed by atoms with Gasteiger partial charge < -0.3 is 19.6 Å². The summed E-state index contributed by atoms with van der Waals surface area (Å²) in [7, 11) is 1.71. The van der Waals surface area contributed by atoms with Gasteiger partial charge in [-0.2, -0.15) is 0 Å². The first-order valence-corrected chi connectivity index (χ1v) is 11.2. The molecule has 1 N–H and O–H groups in total. The summed E-state index contributed by atoms with van der Waals surface area (Å²) in [6.45, 7) is 5.14. The van der Waals surface area contributed by atoms with Gasteiger partial charge in [-0.25, -0.2) is 13.6 Å². The SMILES string of the molecule is CCN(CCO)CCCCCC1CCC(N(C)C(=O)Oc2ccc(F)c(F)c2)CC1. The van der Waals surface area contributed by atoms with Gasteiger partial charge in [0.1, 0.15) is 5.75 Å². The molecule has 1 aromatic rings. The average molecular weight is 427 g/mol. The van der Waals surface area contributed by atoms with E-state index in [9.17, 15) is 13.6 Å². The highest BCUT2D eigenvalue weighted by atomic mass is 19.2. The van der Waals surface area contributed by atoms with Crippen LogP contribution in [0.15, 0.2) is 18.2 Å². The molecule has 0 bridgehead atoms. The maximum atomic E-state index is 13.3. The predicted molar refractivity (Wildman–Crippen MR) is 114 cm³/mol.